The summed E-state index contributed by atoms with van der Waals surface area (Å²) in [5, 5.41) is 9.27. The Morgan fingerprint density at radius 3 is 2.58 bits per heavy atom. The molecule has 0 fully saturated rings. The number of carbonyl (C=O) groups excluding carboxylic acids is 1. The highest BCUT2D eigenvalue weighted by Gasteiger charge is 2.17. The van der Waals surface area contributed by atoms with Crippen LogP contribution in [0.4, 0.5) is 8.78 Å². The second kappa shape index (κ2) is 10.2. The molecular weight excluding hydrogens is 471 g/mol. The fourth-order valence-electron chi connectivity index (χ4n) is 2.60. The SMILES string of the molecule is CN(Cc1ccc(OC(F)F)cc1)C(=O)CSc1nnc(-c2ccc(Cl)cc2Cl)n1N. The topological polar surface area (TPSA) is 86.3 Å². The van der Waals surface area contributed by atoms with E-state index in [1.165, 1.54) is 21.7 Å². The standard InChI is InChI=1S/C19H17Cl2F2N5O2S/c1-27(9-11-2-5-13(6-3-11)30-18(22)23)16(29)10-31-19-26-25-17(28(19)24)14-7-4-12(20)8-15(14)21/h2-8,18H,9-10,24H2,1H3. The van der Waals surface area contributed by atoms with E-state index < -0.39 is 6.61 Å². The number of ether oxygens (including phenoxy) is 1. The maximum absolute atomic E-state index is 12.5. The minimum absolute atomic E-state index is 0.0576. The van der Waals surface area contributed by atoms with Crippen molar-refractivity contribution in [2.75, 3.05) is 18.6 Å². The molecule has 0 saturated carbocycles. The highest BCUT2D eigenvalue weighted by molar-refractivity contribution is 7.99. The van der Waals surface area contributed by atoms with Crippen molar-refractivity contribution in [1.82, 2.24) is 19.8 Å². The van der Waals surface area contributed by atoms with Crippen LogP contribution < -0.4 is 10.6 Å². The van der Waals surface area contributed by atoms with E-state index in [9.17, 15) is 13.6 Å². The number of amides is 1. The van der Waals surface area contributed by atoms with Gasteiger partial charge in [-0.05, 0) is 35.9 Å². The van der Waals surface area contributed by atoms with Crippen molar-refractivity contribution in [1.29, 1.82) is 0 Å². The second-order valence-corrected chi connectivity index (χ2v) is 8.15. The smallest absolute Gasteiger partial charge is 0.387 e. The number of nitrogen functional groups attached to an aromatic ring is 1. The van der Waals surface area contributed by atoms with Crippen molar-refractivity contribution in [3.63, 3.8) is 0 Å². The van der Waals surface area contributed by atoms with Crippen LogP contribution in [0.3, 0.4) is 0 Å². The Kier molecular flexibility index (Phi) is 7.58. The molecule has 1 amide bonds. The molecule has 0 radical (unpaired) electrons. The number of hydrogen-bond acceptors (Lipinski definition) is 6. The van der Waals surface area contributed by atoms with Gasteiger partial charge in [-0.25, -0.2) is 4.68 Å². The summed E-state index contributed by atoms with van der Waals surface area (Å²) in [6, 6.07) is 11.0. The number of rotatable bonds is 8. The average Bonchev–Trinajstić information content (AvgIpc) is 3.07. The van der Waals surface area contributed by atoms with Crippen molar-refractivity contribution >= 4 is 40.9 Å². The van der Waals surface area contributed by atoms with E-state index in [-0.39, 0.29) is 17.4 Å². The van der Waals surface area contributed by atoms with Crippen molar-refractivity contribution < 1.29 is 18.3 Å². The normalized spacial score (nSPS) is 11.0. The van der Waals surface area contributed by atoms with Crippen molar-refractivity contribution in [3.8, 4) is 17.1 Å². The van der Waals surface area contributed by atoms with Gasteiger partial charge in [-0.3, -0.25) is 4.79 Å². The third-order valence-electron chi connectivity index (χ3n) is 4.16. The first-order chi connectivity index (χ1) is 14.7. The number of benzene rings is 2. The lowest BCUT2D eigenvalue weighted by Crippen LogP contribution is -2.28. The predicted molar refractivity (Wildman–Crippen MR) is 116 cm³/mol. The number of carbonyl (C=O) groups is 1. The van der Waals surface area contributed by atoms with Crippen molar-refractivity contribution in [2.45, 2.75) is 18.3 Å². The number of aromatic nitrogens is 3. The van der Waals surface area contributed by atoms with Crippen LogP contribution in [0, 0.1) is 0 Å². The summed E-state index contributed by atoms with van der Waals surface area (Å²) in [5.74, 6) is 6.37. The van der Waals surface area contributed by atoms with Crippen LogP contribution in [-0.2, 0) is 11.3 Å². The lowest BCUT2D eigenvalue weighted by Gasteiger charge is -2.17. The molecule has 12 heteroatoms. The molecule has 7 nitrogen and oxygen atoms in total. The molecule has 0 saturated heterocycles. The van der Waals surface area contributed by atoms with Crippen LogP contribution in [0.25, 0.3) is 11.4 Å². The fourth-order valence-corrected chi connectivity index (χ4v) is 3.89. The van der Waals surface area contributed by atoms with Gasteiger partial charge in [0.15, 0.2) is 5.82 Å². The van der Waals surface area contributed by atoms with Gasteiger partial charge < -0.3 is 15.5 Å². The second-order valence-electron chi connectivity index (χ2n) is 6.36. The van der Waals surface area contributed by atoms with Crippen molar-refractivity contribution in [3.05, 3.63) is 58.1 Å². The number of halogens is 4. The van der Waals surface area contributed by atoms with Gasteiger partial charge in [0.2, 0.25) is 11.1 Å². The summed E-state index contributed by atoms with van der Waals surface area (Å²) in [4.78, 5) is 14.0. The van der Waals surface area contributed by atoms with Gasteiger partial charge >= 0.3 is 6.61 Å². The lowest BCUT2D eigenvalue weighted by atomic mass is 10.2. The summed E-state index contributed by atoms with van der Waals surface area (Å²) in [6.07, 6.45) is 0. The zero-order chi connectivity index (χ0) is 22.5. The van der Waals surface area contributed by atoms with Crippen molar-refractivity contribution in [2.24, 2.45) is 0 Å². The number of nitrogens with zero attached hydrogens (tertiary/aromatic N) is 4. The molecule has 2 aromatic carbocycles. The number of nitrogens with two attached hydrogens (primary N) is 1. The molecule has 164 valence electrons. The molecule has 0 aliphatic rings. The highest BCUT2D eigenvalue weighted by atomic mass is 35.5. The van der Waals surface area contributed by atoms with Gasteiger partial charge in [0.1, 0.15) is 5.75 Å². The monoisotopic (exact) mass is 487 g/mol. The van der Waals surface area contributed by atoms with E-state index in [1.807, 2.05) is 0 Å². The molecule has 0 aliphatic heterocycles. The van der Waals surface area contributed by atoms with Gasteiger partial charge in [0, 0.05) is 24.2 Å². The third-order valence-corrected chi connectivity index (χ3v) is 5.63. The van der Waals surface area contributed by atoms with E-state index >= 15 is 0 Å². The van der Waals surface area contributed by atoms with Crippen LogP contribution in [-0.4, -0.2) is 45.1 Å². The first-order valence-corrected chi connectivity index (χ1v) is 10.5. The molecular formula is C19H17Cl2F2N5O2S. The zero-order valence-electron chi connectivity index (χ0n) is 16.1. The van der Waals surface area contributed by atoms with Gasteiger partial charge in [-0.1, -0.05) is 47.1 Å². The predicted octanol–water partition coefficient (Wildman–Crippen LogP) is 4.32. The molecule has 1 aromatic heterocycles. The summed E-state index contributed by atoms with van der Waals surface area (Å²) < 4.78 is 30.0. The van der Waals surface area contributed by atoms with Gasteiger partial charge in [0.05, 0.1) is 10.8 Å². The van der Waals surface area contributed by atoms with Gasteiger partial charge in [0.25, 0.3) is 0 Å². The van der Waals surface area contributed by atoms with Crippen LogP contribution in [0.5, 0.6) is 5.75 Å². The Morgan fingerprint density at radius 1 is 1.23 bits per heavy atom. The Hall–Kier alpha value is -2.56. The summed E-state index contributed by atoms with van der Waals surface area (Å²) >= 11 is 13.2. The minimum atomic E-state index is -2.88. The first-order valence-electron chi connectivity index (χ1n) is 8.81. The first kappa shape index (κ1) is 23.1. The maximum atomic E-state index is 12.5. The quantitative estimate of drug-likeness (QED) is 0.376. The molecule has 0 aliphatic carbocycles. The molecule has 0 unspecified atom stereocenters. The van der Waals surface area contributed by atoms with E-state index in [1.54, 1.807) is 37.4 Å². The Balaban J connectivity index is 1.58. The molecule has 3 rings (SSSR count). The summed E-state index contributed by atoms with van der Waals surface area (Å²) in [5.41, 5.74) is 1.33. The van der Waals surface area contributed by atoms with E-state index in [0.29, 0.717) is 33.1 Å². The molecule has 0 atom stereocenters. The van der Waals surface area contributed by atoms with E-state index in [0.717, 1.165) is 17.3 Å². The molecule has 31 heavy (non-hydrogen) atoms. The lowest BCUT2D eigenvalue weighted by molar-refractivity contribution is -0.127. The number of thioether (sulfide) groups is 1. The van der Waals surface area contributed by atoms with Crippen LogP contribution >= 0.6 is 35.0 Å². The summed E-state index contributed by atoms with van der Waals surface area (Å²) in [6.45, 7) is -2.58. The average molecular weight is 488 g/mol. The fraction of sp³-hybridized carbons (Fsp3) is 0.211. The highest BCUT2D eigenvalue weighted by Crippen LogP contribution is 2.30. The zero-order valence-corrected chi connectivity index (χ0v) is 18.5. The minimum Gasteiger partial charge on any atom is -0.435 e. The Labute approximate surface area is 191 Å². The van der Waals surface area contributed by atoms with Gasteiger partial charge in [-0.15, -0.1) is 10.2 Å². The van der Waals surface area contributed by atoms with Crippen LogP contribution in [0.15, 0.2) is 47.6 Å². The van der Waals surface area contributed by atoms with Crippen LogP contribution in [0.1, 0.15) is 5.56 Å². The molecule has 0 bridgehead atoms. The Bertz CT molecular complexity index is 1070. The number of alkyl halides is 2. The third kappa shape index (κ3) is 5.99. The maximum Gasteiger partial charge on any atom is 0.387 e. The van der Waals surface area contributed by atoms with E-state index in [4.69, 9.17) is 29.0 Å². The summed E-state index contributed by atoms with van der Waals surface area (Å²) in [7, 11) is 1.64. The van der Waals surface area contributed by atoms with Crippen LogP contribution in [0.2, 0.25) is 10.0 Å². The largest absolute Gasteiger partial charge is 0.435 e. The molecule has 0 spiro atoms. The molecule has 3 aromatic rings. The molecule has 2 N–H and O–H groups in total. The Morgan fingerprint density at radius 2 is 1.94 bits per heavy atom. The van der Waals surface area contributed by atoms with Gasteiger partial charge in [-0.2, -0.15) is 8.78 Å². The van der Waals surface area contributed by atoms with E-state index in [2.05, 4.69) is 14.9 Å². The number of hydrogen-bond donors (Lipinski definition) is 1. The molecule has 1 heterocycles.